The van der Waals surface area contributed by atoms with Crippen LogP contribution in [0.15, 0.2) is 84.5 Å². The van der Waals surface area contributed by atoms with Gasteiger partial charge in [-0.15, -0.1) is 0 Å². The summed E-state index contributed by atoms with van der Waals surface area (Å²) in [6.45, 7) is 4.16. The highest BCUT2D eigenvalue weighted by atomic mass is 35.5. The van der Waals surface area contributed by atoms with Crippen LogP contribution in [0.3, 0.4) is 0 Å². The van der Waals surface area contributed by atoms with Crippen LogP contribution in [-0.2, 0) is 0 Å². The molecule has 5 nitrogen and oxygen atoms in total. The Morgan fingerprint density at radius 1 is 1.09 bits per heavy atom. The van der Waals surface area contributed by atoms with Crippen molar-refractivity contribution in [2.75, 3.05) is 13.7 Å². The summed E-state index contributed by atoms with van der Waals surface area (Å²) in [5, 5.41) is 7.72. The van der Waals surface area contributed by atoms with E-state index in [0.717, 1.165) is 46.1 Å². The molecule has 0 fully saturated rings. The minimum atomic E-state index is -0.349. The topological polar surface area (TPSA) is 43.3 Å². The Kier molecular flexibility index (Phi) is 5.50. The maximum atomic E-state index is 6.41. The van der Waals surface area contributed by atoms with Crippen molar-refractivity contribution in [3.8, 4) is 17.2 Å². The second-order valence-corrected chi connectivity index (χ2v) is 8.13. The molecule has 3 aromatic rings. The molecule has 0 radical (unpaired) electrons. The van der Waals surface area contributed by atoms with Gasteiger partial charge in [-0.2, -0.15) is 5.10 Å². The zero-order valence-corrected chi connectivity index (χ0v) is 18.5. The van der Waals surface area contributed by atoms with Gasteiger partial charge in [-0.1, -0.05) is 24.3 Å². The van der Waals surface area contributed by atoms with Crippen LogP contribution < -0.4 is 14.2 Å². The summed E-state index contributed by atoms with van der Waals surface area (Å²) in [5.41, 5.74) is 4.12. The first kappa shape index (κ1) is 20.5. The lowest BCUT2D eigenvalue weighted by molar-refractivity contribution is -0.0190. The Labute approximate surface area is 192 Å². The molecule has 0 bridgehead atoms. The van der Waals surface area contributed by atoms with E-state index >= 15 is 0 Å². The fourth-order valence-corrected chi connectivity index (χ4v) is 4.30. The molecular weight excluding hydrogens is 424 g/mol. The highest BCUT2D eigenvalue weighted by Crippen LogP contribution is 2.48. The number of fused-ring (bicyclic) bond motifs is 3. The van der Waals surface area contributed by atoms with Crippen LogP contribution in [0, 0.1) is 0 Å². The molecule has 0 saturated carbocycles. The minimum absolute atomic E-state index is 0.0382. The molecule has 5 rings (SSSR count). The Hall–Kier alpha value is -3.44. The van der Waals surface area contributed by atoms with Crippen molar-refractivity contribution in [3.63, 3.8) is 0 Å². The van der Waals surface area contributed by atoms with E-state index in [0.29, 0.717) is 11.6 Å². The standard InChI is InChI=1S/C26H23ClN2O3/c1-3-14-31-21-11-6-18(7-12-21)26-29-24(22-15-19(27)8-13-25(22)32-26)16-23(28-29)17-4-9-20(30-2)10-5-17/h3-13,15,24,26H,1,14,16H2,2H3/t24-,26+/m1/s1. The van der Waals surface area contributed by atoms with E-state index in [1.165, 1.54) is 0 Å². The molecular formula is C26H23ClN2O3. The third kappa shape index (κ3) is 3.80. The lowest BCUT2D eigenvalue weighted by Gasteiger charge is -2.38. The number of nitrogens with zero attached hydrogens (tertiary/aromatic N) is 2. The fourth-order valence-electron chi connectivity index (χ4n) is 4.12. The van der Waals surface area contributed by atoms with Gasteiger partial charge < -0.3 is 14.2 Å². The van der Waals surface area contributed by atoms with Gasteiger partial charge in [-0.3, -0.25) is 0 Å². The molecule has 162 valence electrons. The van der Waals surface area contributed by atoms with Crippen LogP contribution in [-0.4, -0.2) is 24.4 Å². The van der Waals surface area contributed by atoms with Crippen molar-refractivity contribution in [2.24, 2.45) is 5.10 Å². The van der Waals surface area contributed by atoms with Gasteiger partial charge in [-0.05, 0) is 72.3 Å². The van der Waals surface area contributed by atoms with Crippen molar-refractivity contribution >= 4 is 17.3 Å². The summed E-state index contributed by atoms with van der Waals surface area (Å²) in [6, 6.07) is 21.7. The summed E-state index contributed by atoms with van der Waals surface area (Å²) in [7, 11) is 1.67. The van der Waals surface area contributed by atoms with Crippen molar-refractivity contribution in [1.82, 2.24) is 5.01 Å². The molecule has 6 heteroatoms. The predicted octanol–water partition coefficient (Wildman–Crippen LogP) is 6.16. The predicted molar refractivity (Wildman–Crippen MR) is 126 cm³/mol. The number of hydrogen-bond acceptors (Lipinski definition) is 5. The lowest BCUT2D eigenvalue weighted by Crippen LogP contribution is -2.33. The summed E-state index contributed by atoms with van der Waals surface area (Å²) in [6.07, 6.45) is 2.14. The molecule has 0 unspecified atom stereocenters. The zero-order chi connectivity index (χ0) is 22.1. The monoisotopic (exact) mass is 446 g/mol. The van der Waals surface area contributed by atoms with Crippen molar-refractivity contribution in [1.29, 1.82) is 0 Å². The summed E-state index contributed by atoms with van der Waals surface area (Å²) < 4.78 is 17.3. The number of hydrogen-bond donors (Lipinski definition) is 0. The van der Waals surface area contributed by atoms with E-state index < -0.39 is 0 Å². The number of benzene rings is 3. The molecule has 0 spiro atoms. The molecule has 0 saturated heterocycles. The van der Waals surface area contributed by atoms with Crippen molar-refractivity contribution < 1.29 is 14.2 Å². The van der Waals surface area contributed by atoms with Gasteiger partial charge >= 0.3 is 0 Å². The molecule has 0 aliphatic carbocycles. The molecule has 0 N–H and O–H groups in total. The van der Waals surface area contributed by atoms with E-state index in [4.69, 9.17) is 30.9 Å². The molecule has 2 atom stereocenters. The van der Waals surface area contributed by atoms with Crippen LogP contribution in [0.2, 0.25) is 5.02 Å². The maximum absolute atomic E-state index is 6.41. The van der Waals surface area contributed by atoms with E-state index in [1.54, 1.807) is 13.2 Å². The van der Waals surface area contributed by atoms with E-state index in [-0.39, 0.29) is 12.3 Å². The number of rotatable bonds is 6. The highest BCUT2D eigenvalue weighted by molar-refractivity contribution is 6.30. The fraction of sp³-hybridized carbons (Fsp3) is 0.192. The molecule has 0 aromatic heterocycles. The second-order valence-electron chi connectivity index (χ2n) is 7.70. The lowest BCUT2D eigenvalue weighted by atomic mass is 9.96. The Bertz CT molecular complexity index is 1160. The Morgan fingerprint density at radius 3 is 2.56 bits per heavy atom. The first-order chi connectivity index (χ1) is 15.7. The van der Waals surface area contributed by atoms with Crippen LogP contribution in [0.5, 0.6) is 17.2 Å². The van der Waals surface area contributed by atoms with Gasteiger partial charge in [0.05, 0.1) is 18.9 Å². The molecule has 2 aliphatic heterocycles. The van der Waals surface area contributed by atoms with Crippen LogP contribution in [0.25, 0.3) is 0 Å². The Morgan fingerprint density at radius 2 is 1.84 bits per heavy atom. The van der Waals surface area contributed by atoms with Gasteiger partial charge in [0.25, 0.3) is 0 Å². The van der Waals surface area contributed by atoms with Crippen molar-refractivity contribution in [2.45, 2.75) is 18.7 Å². The number of ether oxygens (including phenoxy) is 3. The number of hydrazone groups is 1. The zero-order valence-electron chi connectivity index (χ0n) is 17.7. The summed E-state index contributed by atoms with van der Waals surface area (Å²) in [5.74, 6) is 2.44. The average Bonchev–Trinajstić information content (AvgIpc) is 3.29. The SMILES string of the molecule is C=CCOc1ccc([C@@H]2Oc3ccc(Cl)cc3[C@H]3CC(c4ccc(OC)cc4)=NN32)cc1. The van der Waals surface area contributed by atoms with E-state index in [1.807, 2.05) is 71.7 Å². The first-order valence-electron chi connectivity index (χ1n) is 10.5. The largest absolute Gasteiger partial charge is 0.497 e. The number of methoxy groups -OCH3 is 1. The van der Waals surface area contributed by atoms with Gasteiger partial charge in [0.2, 0.25) is 6.23 Å². The third-order valence-corrected chi connectivity index (χ3v) is 5.94. The summed E-state index contributed by atoms with van der Waals surface area (Å²) >= 11 is 6.32. The number of halogens is 1. The quantitative estimate of drug-likeness (QED) is 0.425. The first-order valence-corrected chi connectivity index (χ1v) is 10.8. The van der Waals surface area contributed by atoms with Crippen LogP contribution in [0.4, 0.5) is 0 Å². The highest BCUT2D eigenvalue weighted by Gasteiger charge is 2.41. The van der Waals surface area contributed by atoms with E-state index in [2.05, 4.69) is 6.58 Å². The molecule has 0 amide bonds. The van der Waals surface area contributed by atoms with Gasteiger partial charge in [-0.25, -0.2) is 5.01 Å². The third-order valence-electron chi connectivity index (χ3n) is 5.71. The normalized spacial score (nSPS) is 18.8. The minimum Gasteiger partial charge on any atom is -0.497 e. The summed E-state index contributed by atoms with van der Waals surface area (Å²) in [4.78, 5) is 0. The average molecular weight is 447 g/mol. The van der Waals surface area contributed by atoms with Gasteiger partial charge in [0, 0.05) is 22.6 Å². The van der Waals surface area contributed by atoms with Crippen LogP contribution in [0.1, 0.15) is 35.4 Å². The molecule has 32 heavy (non-hydrogen) atoms. The maximum Gasteiger partial charge on any atom is 0.213 e. The Balaban J connectivity index is 1.51. The second kappa shape index (κ2) is 8.60. The van der Waals surface area contributed by atoms with Crippen LogP contribution >= 0.6 is 11.6 Å². The molecule has 3 aromatic carbocycles. The van der Waals surface area contributed by atoms with Gasteiger partial charge in [0.1, 0.15) is 23.9 Å². The molecule has 2 aliphatic rings. The van der Waals surface area contributed by atoms with E-state index in [9.17, 15) is 0 Å². The van der Waals surface area contributed by atoms with Crippen molar-refractivity contribution in [3.05, 3.63) is 101 Å². The molecule has 2 heterocycles. The smallest absolute Gasteiger partial charge is 0.213 e. The van der Waals surface area contributed by atoms with Gasteiger partial charge in [0.15, 0.2) is 0 Å².